The van der Waals surface area contributed by atoms with Crippen LogP contribution >= 0.6 is 11.6 Å². The number of para-hydroxylation sites is 1. The van der Waals surface area contributed by atoms with Crippen LogP contribution in [0.4, 0.5) is 0 Å². The minimum atomic E-state index is -0.0812. The maximum absolute atomic E-state index is 6.13. The first-order chi connectivity index (χ1) is 14.1. The summed E-state index contributed by atoms with van der Waals surface area (Å²) in [6, 6.07) is 26.4. The van der Waals surface area contributed by atoms with Crippen molar-refractivity contribution in [2.75, 3.05) is 0 Å². The third-order valence-electron chi connectivity index (χ3n) is 4.67. The molecule has 6 heteroatoms. The van der Waals surface area contributed by atoms with Gasteiger partial charge in [0.1, 0.15) is 0 Å². The van der Waals surface area contributed by atoms with E-state index in [0.717, 1.165) is 34.3 Å². The van der Waals surface area contributed by atoms with E-state index in [1.165, 1.54) is 5.56 Å². The van der Waals surface area contributed by atoms with Crippen molar-refractivity contribution in [3.05, 3.63) is 95.0 Å². The van der Waals surface area contributed by atoms with E-state index in [2.05, 4.69) is 39.0 Å². The van der Waals surface area contributed by atoms with Gasteiger partial charge in [0.25, 0.3) is 0 Å². The van der Waals surface area contributed by atoms with Crippen LogP contribution in [-0.2, 0) is 6.54 Å². The highest BCUT2D eigenvalue weighted by Gasteiger charge is 2.17. The number of benzene rings is 3. The molecule has 0 amide bonds. The van der Waals surface area contributed by atoms with Crippen LogP contribution in [0, 0.1) is 0 Å². The average Bonchev–Trinajstić information content (AvgIpc) is 3.03. The minimum Gasteiger partial charge on any atom is -0.369 e. The van der Waals surface area contributed by atoms with Crippen molar-refractivity contribution >= 4 is 34.7 Å². The maximum Gasteiger partial charge on any atom is 0.211 e. The molecule has 4 rings (SSSR count). The second kappa shape index (κ2) is 8.20. The quantitative estimate of drug-likeness (QED) is 0.290. The van der Waals surface area contributed by atoms with E-state index in [-0.39, 0.29) is 5.96 Å². The smallest absolute Gasteiger partial charge is 0.211 e. The highest BCUT2D eigenvalue weighted by Crippen LogP contribution is 2.34. The summed E-state index contributed by atoms with van der Waals surface area (Å²) >= 11 is 6.13. The van der Waals surface area contributed by atoms with E-state index in [1.54, 1.807) is 6.21 Å². The average molecular weight is 402 g/mol. The van der Waals surface area contributed by atoms with Gasteiger partial charge in [-0.15, -0.1) is 5.10 Å². The van der Waals surface area contributed by atoms with Gasteiger partial charge in [-0.25, -0.2) is 0 Å². The number of halogens is 1. The Labute approximate surface area is 173 Å². The van der Waals surface area contributed by atoms with Gasteiger partial charge in [0.05, 0.1) is 11.9 Å². The van der Waals surface area contributed by atoms with Crippen molar-refractivity contribution in [1.29, 1.82) is 0 Å². The van der Waals surface area contributed by atoms with Crippen LogP contribution in [-0.4, -0.2) is 16.7 Å². The Bertz CT molecular complexity index is 1190. The molecule has 0 fully saturated rings. The zero-order chi connectivity index (χ0) is 20.2. The molecular weight excluding hydrogens is 382 g/mol. The second-order valence-electron chi connectivity index (χ2n) is 6.63. The van der Waals surface area contributed by atoms with Crippen molar-refractivity contribution < 1.29 is 0 Å². The molecule has 0 atom stereocenters. The van der Waals surface area contributed by atoms with E-state index >= 15 is 0 Å². The molecule has 5 nitrogen and oxygen atoms in total. The zero-order valence-corrected chi connectivity index (χ0v) is 16.4. The maximum atomic E-state index is 6.13. The van der Waals surface area contributed by atoms with Crippen LogP contribution < -0.4 is 11.5 Å². The van der Waals surface area contributed by atoms with Gasteiger partial charge >= 0.3 is 0 Å². The van der Waals surface area contributed by atoms with Crippen molar-refractivity contribution in [3.63, 3.8) is 0 Å². The third kappa shape index (κ3) is 4.00. The summed E-state index contributed by atoms with van der Waals surface area (Å²) in [7, 11) is 0. The first-order valence-electron chi connectivity index (χ1n) is 9.16. The number of fused-ring (bicyclic) bond motifs is 1. The summed E-state index contributed by atoms with van der Waals surface area (Å²) in [5.41, 5.74) is 16.2. The molecule has 4 aromatic rings. The number of hydrogen-bond acceptors (Lipinski definition) is 2. The Morgan fingerprint density at radius 1 is 0.897 bits per heavy atom. The molecule has 1 aromatic heterocycles. The molecule has 0 spiro atoms. The topological polar surface area (TPSA) is 81.7 Å². The fourth-order valence-corrected chi connectivity index (χ4v) is 3.59. The molecule has 29 heavy (non-hydrogen) atoms. The molecular formula is C23H20ClN5. The van der Waals surface area contributed by atoms with E-state index in [0.29, 0.717) is 5.02 Å². The Morgan fingerprint density at radius 2 is 1.59 bits per heavy atom. The molecule has 4 N–H and O–H groups in total. The highest BCUT2D eigenvalue weighted by atomic mass is 35.5. The minimum absolute atomic E-state index is 0.0812. The molecule has 144 valence electrons. The Balaban J connectivity index is 1.98. The van der Waals surface area contributed by atoms with E-state index in [4.69, 9.17) is 23.1 Å². The van der Waals surface area contributed by atoms with Crippen molar-refractivity contribution in [2.24, 2.45) is 21.7 Å². The Kier molecular flexibility index (Phi) is 5.31. The molecule has 3 aromatic carbocycles. The molecule has 1 heterocycles. The molecule has 0 unspecified atom stereocenters. The lowest BCUT2D eigenvalue weighted by molar-refractivity contribution is 0.844. The first-order valence-corrected chi connectivity index (χ1v) is 9.54. The van der Waals surface area contributed by atoms with E-state index in [1.807, 2.05) is 54.6 Å². The van der Waals surface area contributed by atoms with Crippen LogP contribution in [0.3, 0.4) is 0 Å². The predicted molar refractivity (Wildman–Crippen MR) is 121 cm³/mol. The van der Waals surface area contributed by atoms with Crippen LogP contribution in [0.2, 0.25) is 5.02 Å². The summed E-state index contributed by atoms with van der Waals surface area (Å²) in [5, 5.41) is 9.63. The standard InChI is InChI=1S/C23H20ClN5/c24-18-12-10-17(11-13-18)22-20(14-27-28-23(25)26)19-8-4-5-9-21(19)29(22)15-16-6-2-1-3-7-16/h1-14H,15H2,(H4,25,26,28)/b27-14+. The molecule has 0 radical (unpaired) electrons. The number of nitrogens with two attached hydrogens (primary N) is 2. The van der Waals surface area contributed by atoms with Gasteiger partial charge in [0.2, 0.25) is 5.96 Å². The largest absolute Gasteiger partial charge is 0.369 e. The zero-order valence-electron chi connectivity index (χ0n) is 15.7. The summed E-state index contributed by atoms with van der Waals surface area (Å²) in [5.74, 6) is -0.0812. The van der Waals surface area contributed by atoms with Gasteiger partial charge in [0.15, 0.2) is 0 Å². The summed E-state index contributed by atoms with van der Waals surface area (Å²) in [6.07, 6.45) is 1.70. The number of nitrogens with zero attached hydrogens (tertiary/aromatic N) is 3. The molecule has 0 aliphatic carbocycles. The number of hydrogen-bond donors (Lipinski definition) is 2. The summed E-state index contributed by atoms with van der Waals surface area (Å²) < 4.78 is 2.28. The van der Waals surface area contributed by atoms with Crippen LogP contribution in [0.1, 0.15) is 11.1 Å². The van der Waals surface area contributed by atoms with E-state index in [9.17, 15) is 0 Å². The Hall–Kier alpha value is -3.57. The number of rotatable bonds is 5. The summed E-state index contributed by atoms with van der Waals surface area (Å²) in [4.78, 5) is 0. The third-order valence-corrected chi connectivity index (χ3v) is 4.92. The molecule has 0 aliphatic rings. The fraction of sp³-hybridized carbons (Fsp3) is 0.0435. The van der Waals surface area contributed by atoms with Gasteiger partial charge in [-0.05, 0) is 29.3 Å². The molecule has 0 aliphatic heterocycles. The van der Waals surface area contributed by atoms with Crippen molar-refractivity contribution in [1.82, 2.24) is 4.57 Å². The van der Waals surface area contributed by atoms with Crippen LogP contribution in [0.25, 0.3) is 22.2 Å². The van der Waals surface area contributed by atoms with Crippen molar-refractivity contribution in [2.45, 2.75) is 6.54 Å². The SMILES string of the molecule is NC(N)=N/N=C/c1c(-c2ccc(Cl)cc2)n(Cc2ccccc2)c2ccccc12. The first kappa shape index (κ1) is 18.8. The van der Waals surface area contributed by atoms with Gasteiger partial charge in [-0.1, -0.05) is 72.3 Å². The van der Waals surface area contributed by atoms with Gasteiger partial charge < -0.3 is 16.0 Å². The lowest BCUT2D eigenvalue weighted by atomic mass is 10.1. The monoisotopic (exact) mass is 401 g/mol. The van der Waals surface area contributed by atoms with E-state index < -0.39 is 0 Å². The van der Waals surface area contributed by atoms with Gasteiger partial charge in [0, 0.05) is 28.0 Å². The predicted octanol–water partition coefficient (Wildman–Crippen LogP) is 4.62. The normalized spacial score (nSPS) is 11.2. The van der Waals surface area contributed by atoms with Crippen LogP contribution in [0.15, 0.2) is 89.1 Å². The Morgan fingerprint density at radius 3 is 2.31 bits per heavy atom. The van der Waals surface area contributed by atoms with Crippen molar-refractivity contribution in [3.8, 4) is 11.3 Å². The van der Waals surface area contributed by atoms with Gasteiger partial charge in [-0.2, -0.15) is 5.10 Å². The second-order valence-corrected chi connectivity index (χ2v) is 7.06. The molecule has 0 saturated carbocycles. The highest BCUT2D eigenvalue weighted by molar-refractivity contribution is 6.30. The lowest BCUT2D eigenvalue weighted by Crippen LogP contribution is -2.21. The summed E-state index contributed by atoms with van der Waals surface area (Å²) in [6.45, 7) is 0.718. The van der Waals surface area contributed by atoms with Gasteiger partial charge in [-0.3, -0.25) is 0 Å². The molecule has 0 bridgehead atoms. The molecule has 0 saturated heterocycles. The lowest BCUT2D eigenvalue weighted by Gasteiger charge is -2.12. The fourth-order valence-electron chi connectivity index (χ4n) is 3.46. The number of guanidine groups is 1. The van der Waals surface area contributed by atoms with Crippen LogP contribution in [0.5, 0.6) is 0 Å². The number of aromatic nitrogens is 1.